The summed E-state index contributed by atoms with van der Waals surface area (Å²) >= 11 is 1.40. The zero-order valence-electron chi connectivity index (χ0n) is 17.0. The summed E-state index contributed by atoms with van der Waals surface area (Å²) in [6.07, 6.45) is 4.50. The van der Waals surface area contributed by atoms with E-state index in [1.54, 1.807) is 14.0 Å². The first-order valence-corrected chi connectivity index (χ1v) is 10.4. The molecule has 2 heterocycles. The van der Waals surface area contributed by atoms with Crippen LogP contribution >= 0.6 is 11.3 Å². The van der Waals surface area contributed by atoms with Gasteiger partial charge in [-0.25, -0.2) is 9.59 Å². The number of nitrogens with one attached hydrogen (secondary N) is 1. The molecule has 3 rings (SSSR count). The Morgan fingerprint density at radius 2 is 2.14 bits per heavy atom. The third-order valence-electron chi connectivity index (χ3n) is 4.82. The van der Waals surface area contributed by atoms with Crippen LogP contribution in [0.5, 0.6) is 0 Å². The molecule has 1 N–H and O–H groups in total. The van der Waals surface area contributed by atoms with Gasteiger partial charge in [0.2, 0.25) is 0 Å². The molecule has 0 saturated carbocycles. The molecule has 1 amide bonds. The summed E-state index contributed by atoms with van der Waals surface area (Å²) in [7, 11) is 1.68. The lowest BCUT2D eigenvalue weighted by Crippen LogP contribution is -2.30. The van der Waals surface area contributed by atoms with Crippen LogP contribution in [-0.2, 0) is 34.2 Å². The van der Waals surface area contributed by atoms with Gasteiger partial charge in [-0.15, -0.1) is 11.3 Å². The van der Waals surface area contributed by atoms with E-state index in [0.717, 1.165) is 29.7 Å². The maximum Gasteiger partial charge on any atom is 0.342 e. The number of fused-ring (bicyclic) bond motifs is 1. The Morgan fingerprint density at radius 3 is 2.79 bits per heavy atom. The van der Waals surface area contributed by atoms with Crippen molar-refractivity contribution in [1.82, 2.24) is 9.78 Å². The molecule has 156 valence electrons. The van der Waals surface area contributed by atoms with Gasteiger partial charge in [0, 0.05) is 18.1 Å². The largest absolute Gasteiger partial charge is 0.462 e. The number of rotatable bonds is 6. The van der Waals surface area contributed by atoms with Crippen LogP contribution in [0, 0.1) is 5.92 Å². The highest BCUT2D eigenvalue weighted by Crippen LogP contribution is 2.40. The Labute approximate surface area is 173 Å². The summed E-state index contributed by atoms with van der Waals surface area (Å²) in [4.78, 5) is 38.4. The maximum atomic E-state index is 12.6. The first-order chi connectivity index (χ1) is 13.8. The second-order valence-electron chi connectivity index (χ2n) is 7.22. The monoisotopic (exact) mass is 419 g/mol. The van der Waals surface area contributed by atoms with Crippen molar-refractivity contribution in [2.45, 2.75) is 46.1 Å². The van der Waals surface area contributed by atoms with E-state index in [1.807, 2.05) is 0 Å². The number of amides is 1. The molecule has 2 atom stereocenters. The van der Waals surface area contributed by atoms with Gasteiger partial charge in [-0.2, -0.15) is 5.10 Å². The number of esters is 2. The SMILES string of the molecule is CCOC(=O)c1c(NC(=O)[C@@H](C)OC(=O)c2cnn(C)c2)sc2c1CC[C@@H](C)C2. The van der Waals surface area contributed by atoms with Gasteiger partial charge in [-0.3, -0.25) is 9.48 Å². The van der Waals surface area contributed by atoms with Crippen LogP contribution in [0.25, 0.3) is 0 Å². The quantitative estimate of drug-likeness (QED) is 0.723. The number of carbonyl (C=O) groups is 3. The summed E-state index contributed by atoms with van der Waals surface area (Å²) in [5.41, 5.74) is 1.65. The average Bonchev–Trinajstić information content (AvgIpc) is 3.24. The zero-order chi connectivity index (χ0) is 21.1. The minimum absolute atomic E-state index is 0.256. The molecular weight excluding hydrogens is 394 g/mol. The van der Waals surface area contributed by atoms with Crippen molar-refractivity contribution in [3.05, 3.63) is 34.0 Å². The molecule has 0 radical (unpaired) electrons. The Kier molecular flexibility index (Phi) is 6.36. The highest BCUT2D eigenvalue weighted by atomic mass is 32.1. The average molecular weight is 420 g/mol. The van der Waals surface area contributed by atoms with Gasteiger partial charge in [0.05, 0.1) is 23.9 Å². The standard InChI is InChI=1S/C20H25N3O5S/c1-5-27-20(26)16-14-7-6-11(2)8-15(14)29-18(16)22-17(24)12(3)28-19(25)13-9-21-23(4)10-13/h9-12H,5-8H2,1-4H3,(H,22,24)/t11-,12-/m1/s1. The molecule has 0 fully saturated rings. The van der Waals surface area contributed by atoms with Crippen molar-refractivity contribution in [2.75, 3.05) is 11.9 Å². The van der Waals surface area contributed by atoms with E-state index in [2.05, 4.69) is 17.3 Å². The third-order valence-corrected chi connectivity index (χ3v) is 5.99. The Hall–Kier alpha value is -2.68. The van der Waals surface area contributed by atoms with Crippen molar-refractivity contribution in [3.63, 3.8) is 0 Å². The highest BCUT2D eigenvalue weighted by Gasteiger charge is 2.30. The van der Waals surface area contributed by atoms with Gasteiger partial charge < -0.3 is 14.8 Å². The van der Waals surface area contributed by atoms with Crippen LogP contribution in [0.1, 0.15) is 58.3 Å². The molecule has 0 bridgehead atoms. The fourth-order valence-corrected chi connectivity index (χ4v) is 4.68. The fraction of sp³-hybridized carbons (Fsp3) is 0.500. The van der Waals surface area contributed by atoms with Crippen LogP contribution in [0.2, 0.25) is 0 Å². The predicted octanol–water partition coefficient (Wildman–Crippen LogP) is 2.97. The van der Waals surface area contributed by atoms with E-state index >= 15 is 0 Å². The summed E-state index contributed by atoms with van der Waals surface area (Å²) < 4.78 is 11.9. The normalized spacial score (nSPS) is 16.6. The summed E-state index contributed by atoms with van der Waals surface area (Å²) in [6, 6.07) is 0. The van der Waals surface area contributed by atoms with Crippen molar-refractivity contribution in [2.24, 2.45) is 13.0 Å². The third kappa shape index (κ3) is 4.67. The number of aromatic nitrogens is 2. The molecule has 1 aliphatic carbocycles. The number of carbonyl (C=O) groups excluding carboxylic acids is 3. The predicted molar refractivity (Wildman–Crippen MR) is 108 cm³/mol. The van der Waals surface area contributed by atoms with Gasteiger partial charge in [-0.05, 0) is 44.6 Å². The van der Waals surface area contributed by atoms with E-state index in [1.165, 1.54) is 35.3 Å². The molecule has 2 aromatic rings. The first-order valence-electron chi connectivity index (χ1n) is 9.62. The number of hydrogen-bond acceptors (Lipinski definition) is 7. The zero-order valence-corrected chi connectivity index (χ0v) is 17.8. The minimum Gasteiger partial charge on any atom is -0.462 e. The molecule has 0 aromatic carbocycles. The smallest absolute Gasteiger partial charge is 0.342 e. The van der Waals surface area contributed by atoms with Gasteiger partial charge in [0.1, 0.15) is 5.00 Å². The lowest BCUT2D eigenvalue weighted by Gasteiger charge is -2.18. The van der Waals surface area contributed by atoms with Gasteiger partial charge in [-0.1, -0.05) is 6.92 Å². The molecule has 8 nitrogen and oxygen atoms in total. The molecule has 0 saturated heterocycles. The van der Waals surface area contributed by atoms with Crippen molar-refractivity contribution >= 4 is 34.2 Å². The van der Waals surface area contributed by atoms with E-state index in [-0.39, 0.29) is 12.2 Å². The lowest BCUT2D eigenvalue weighted by atomic mass is 9.88. The molecule has 0 aliphatic heterocycles. The number of nitrogens with zero attached hydrogens (tertiary/aromatic N) is 2. The summed E-state index contributed by atoms with van der Waals surface area (Å²) in [6.45, 7) is 5.66. The molecular formula is C20H25N3O5S. The van der Waals surface area contributed by atoms with Crippen molar-refractivity contribution in [1.29, 1.82) is 0 Å². The van der Waals surface area contributed by atoms with E-state index < -0.39 is 23.9 Å². The summed E-state index contributed by atoms with van der Waals surface area (Å²) in [5, 5.41) is 7.13. The molecule has 29 heavy (non-hydrogen) atoms. The second-order valence-corrected chi connectivity index (χ2v) is 8.32. The number of ether oxygens (including phenoxy) is 2. The van der Waals surface area contributed by atoms with E-state index in [9.17, 15) is 14.4 Å². The van der Waals surface area contributed by atoms with Crippen LogP contribution in [0.15, 0.2) is 12.4 Å². The molecule has 0 unspecified atom stereocenters. The number of anilines is 1. The Bertz CT molecular complexity index is 933. The number of hydrogen-bond donors (Lipinski definition) is 1. The van der Waals surface area contributed by atoms with Crippen LogP contribution in [-0.4, -0.2) is 40.3 Å². The van der Waals surface area contributed by atoms with Gasteiger partial charge in [0.15, 0.2) is 6.10 Å². The van der Waals surface area contributed by atoms with E-state index in [4.69, 9.17) is 9.47 Å². The van der Waals surface area contributed by atoms with Crippen LogP contribution < -0.4 is 5.32 Å². The van der Waals surface area contributed by atoms with Crippen LogP contribution in [0.4, 0.5) is 5.00 Å². The molecule has 9 heteroatoms. The molecule has 2 aromatic heterocycles. The summed E-state index contributed by atoms with van der Waals surface area (Å²) in [5.74, 6) is -1.04. The lowest BCUT2D eigenvalue weighted by molar-refractivity contribution is -0.123. The second kappa shape index (κ2) is 8.77. The van der Waals surface area contributed by atoms with Gasteiger partial charge >= 0.3 is 11.9 Å². The number of aryl methyl sites for hydroxylation is 1. The number of thiophene rings is 1. The minimum atomic E-state index is -1.03. The van der Waals surface area contributed by atoms with Crippen LogP contribution in [0.3, 0.4) is 0 Å². The van der Waals surface area contributed by atoms with E-state index in [0.29, 0.717) is 16.5 Å². The van der Waals surface area contributed by atoms with Crippen molar-refractivity contribution in [3.8, 4) is 0 Å². The molecule has 1 aliphatic rings. The van der Waals surface area contributed by atoms with Crippen molar-refractivity contribution < 1.29 is 23.9 Å². The highest BCUT2D eigenvalue weighted by molar-refractivity contribution is 7.17. The molecule has 0 spiro atoms. The first kappa shape index (κ1) is 21.0. The Morgan fingerprint density at radius 1 is 1.38 bits per heavy atom. The Balaban J connectivity index is 1.76. The topological polar surface area (TPSA) is 99.5 Å². The maximum absolute atomic E-state index is 12.6. The fourth-order valence-electron chi connectivity index (χ4n) is 3.28. The van der Waals surface area contributed by atoms with Gasteiger partial charge in [0.25, 0.3) is 5.91 Å².